The zero-order valence-corrected chi connectivity index (χ0v) is 18.6. The number of sulfone groups is 1. The normalized spacial score (nSPS) is 18.2. The first-order valence-corrected chi connectivity index (χ1v) is 11.3. The number of nitrogens with zero attached hydrogens (tertiary/aromatic N) is 3. The van der Waals surface area contributed by atoms with Crippen LogP contribution in [-0.4, -0.2) is 41.9 Å². The highest BCUT2D eigenvalue weighted by Gasteiger charge is 2.46. The molecule has 34 heavy (non-hydrogen) atoms. The van der Waals surface area contributed by atoms with E-state index in [1.165, 1.54) is 13.8 Å². The number of aromatic nitrogens is 2. The summed E-state index contributed by atoms with van der Waals surface area (Å²) in [6.07, 6.45) is -8.11. The SMILES string of the molecule is CC(C)([C@@H]1CCN(c2cnc(C(F)(F)F)nc2)C(=O)C1)S(=O)(=O)c1cccc(OC(F)(F)F)c1. The molecule has 7 nitrogen and oxygen atoms in total. The fourth-order valence-corrected chi connectivity index (χ4v) is 5.44. The molecule has 0 bridgehead atoms. The molecule has 1 amide bonds. The number of alkyl halides is 6. The van der Waals surface area contributed by atoms with E-state index in [9.17, 15) is 39.6 Å². The smallest absolute Gasteiger partial charge is 0.406 e. The lowest BCUT2D eigenvalue weighted by Gasteiger charge is -2.39. The van der Waals surface area contributed by atoms with Crippen LogP contribution in [0.5, 0.6) is 5.75 Å². The van der Waals surface area contributed by atoms with Crippen LogP contribution >= 0.6 is 0 Å². The van der Waals surface area contributed by atoms with Gasteiger partial charge in [0, 0.05) is 13.0 Å². The van der Waals surface area contributed by atoms with Crippen molar-refractivity contribution >= 4 is 21.4 Å². The molecule has 1 aliphatic rings. The van der Waals surface area contributed by atoms with Crippen molar-refractivity contribution in [2.75, 3.05) is 11.4 Å². The molecule has 14 heteroatoms. The zero-order valence-electron chi connectivity index (χ0n) is 17.8. The van der Waals surface area contributed by atoms with Gasteiger partial charge < -0.3 is 9.64 Å². The first-order valence-electron chi connectivity index (χ1n) is 9.82. The molecule has 0 radical (unpaired) electrons. The van der Waals surface area contributed by atoms with Gasteiger partial charge in [-0.15, -0.1) is 13.2 Å². The molecule has 2 aromatic rings. The Morgan fingerprint density at radius 1 is 1.06 bits per heavy atom. The van der Waals surface area contributed by atoms with Gasteiger partial charge in [0.1, 0.15) is 5.75 Å². The van der Waals surface area contributed by atoms with Crippen LogP contribution in [0.15, 0.2) is 41.6 Å². The number of rotatable bonds is 5. The molecule has 0 N–H and O–H groups in total. The number of halogens is 6. The van der Waals surface area contributed by atoms with Gasteiger partial charge in [-0.25, -0.2) is 18.4 Å². The maximum atomic E-state index is 13.3. The highest BCUT2D eigenvalue weighted by Crippen LogP contribution is 2.40. The lowest BCUT2D eigenvalue weighted by Crippen LogP contribution is -2.48. The highest BCUT2D eigenvalue weighted by atomic mass is 32.2. The predicted molar refractivity (Wildman–Crippen MR) is 107 cm³/mol. The van der Waals surface area contributed by atoms with Crippen LogP contribution in [0, 0.1) is 5.92 Å². The second kappa shape index (κ2) is 8.71. The minimum atomic E-state index is -5.00. The maximum absolute atomic E-state index is 13.3. The second-order valence-electron chi connectivity index (χ2n) is 8.13. The van der Waals surface area contributed by atoms with E-state index in [-0.39, 0.29) is 25.1 Å². The van der Waals surface area contributed by atoms with E-state index in [0.29, 0.717) is 0 Å². The monoisotopic (exact) mass is 511 g/mol. The third-order valence-corrected chi connectivity index (χ3v) is 8.24. The minimum absolute atomic E-state index is 0.00556. The van der Waals surface area contributed by atoms with Gasteiger partial charge in [0.15, 0.2) is 9.84 Å². The molecule has 1 aromatic heterocycles. The van der Waals surface area contributed by atoms with Crippen molar-refractivity contribution in [3.8, 4) is 5.75 Å². The highest BCUT2D eigenvalue weighted by molar-refractivity contribution is 7.92. The van der Waals surface area contributed by atoms with Crippen molar-refractivity contribution in [2.45, 2.75) is 48.9 Å². The molecule has 1 aromatic carbocycles. The number of carbonyl (C=O) groups is 1. The number of piperidine rings is 1. The van der Waals surface area contributed by atoms with E-state index in [0.717, 1.165) is 41.6 Å². The summed E-state index contributed by atoms with van der Waals surface area (Å²) < 4.78 is 104. The van der Waals surface area contributed by atoms with Crippen LogP contribution in [0.3, 0.4) is 0 Å². The van der Waals surface area contributed by atoms with E-state index < -0.39 is 55.4 Å². The number of anilines is 1. The van der Waals surface area contributed by atoms with Gasteiger partial charge >= 0.3 is 12.5 Å². The Balaban J connectivity index is 1.79. The predicted octanol–water partition coefficient (Wildman–Crippen LogP) is 4.39. The van der Waals surface area contributed by atoms with Crippen molar-refractivity contribution in [2.24, 2.45) is 5.92 Å². The first kappa shape index (κ1) is 25.7. The van der Waals surface area contributed by atoms with Crippen molar-refractivity contribution in [1.82, 2.24) is 9.97 Å². The Hall–Kier alpha value is -2.90. The molecule has 3 rings (SSSR count). The minimum Gasteiger partial charge on any atom is -0.406 e. The second-order valence-corrected chi connectivity index (χ2v) is 10.7. The average Bonchev–Trinajstić information content (AvgIpc) is 2.72. The van der Waals surface area contributed by atoms with Gasteiger partial charge in [-0.3, -0.25) is 4.79 Å². The van der Waals surface area contributed by atoms with E-state index in [1.54, 1.807) is 0 Å². The third kappa shape index (κ3) is 5.26. The van der Waals surface area contributed by atoms with Gasteiger partial charge in [0.25, 0.3) is 0 Å². The molecule has 0 aliphatic carbocycles. The summed E-state index contributed by atoms with van der Waals surface area (Å²) in [7, 11) is -4.21. The number of ether oxygens (including phenoxy) is 1. The number of hydrogen-bond acceptors (Lipinski definition) is 6. The molecule has 1 aliphatic heterocycles. The molecule has 0 unspecified atom stereocenters. The third-order valence-electron chi connectivity index (χ3n) is 5.65. The van der Waals surface area contributed by atoms with Gasteiger partial charge in [-0.1, -0.05) is 6.07 Å². The Labute approximate surface area is 190 Å². The Morgan fingerprint density at radius 3 is 2.21 bits per heavy atom. The first-order chi connectivity index (χ1) is 15.5. The van der Waals surface area contributed by atoms with Gasteiger partial charge in [-0.2, -0.15) is 13.2 Å². The summed E-state index contributed by atoms with van der Waals surface area (Å²) >= 11 is 0. The number of benzene rings is 1. The van der Waals surface area contributed by atoms with Crippen LogP contribution in [0.1, 0.15) is 32.5 Å². The maximum Gasteiger partial charge on any atom is 0.573 e. The van der Waals surface area contributed by atoms with Crippen LogP contribution < -0.4 is 9.64 Å². The quantitative estimate of drug-likeness (QED) is 0.554. The fourth-order valence-electron chi connectivity index (χ4n) is 3.67. The molecule has 0 spiro atoms. The number of hydrogen-bond donors (Lipinski definition) is 0. The summed E-state index contributed by atoms with van der Waals surface area (Å²) in [6, 6.07) is 3.98. The number of amides is 1. The topological polar surface area (TPSA) is 89.5 Å². The molecule has 1 saturated heterocycles. The molecule has 1 atom stereocenters. The summed E-state index contributed by atoms with van der Waals surface area (Å²) in [6.45, 7) is 2.73. The van der Waals surface area contributed by atoms with Gasteiger partial charge in [0.2, 0.25) is 11.7 Å². The fraction of sp³-hybridized carbons (Fsp3) is 0.450. The summed E-state index contributed by atoms with van der Waals surface area (Å²) in [4.78, 5) is 19.9. The van der Waals surface area contributed by atoms with Crippen molar-refractivity contribution in [3.63, 3.8) is 0 Å². The van der Waals surface area contributed by atoms with Gasteiger partial charge in [-0.05, 0) is 44.4 Å². The summed E-state index contributed by atoms with van der Waals surface area (Å²) in [5.74, 6) is -3.32. The largest absolute Gasteiger partial charge is 0.573 e. The van der Waals surface area contributed by atoms with Crippen molar-refractivity contribution < 1.29 is 44.3 Å². The van der Waals surface area contributed by atoms with Crippen molar-refractivity contribution in [3.05, 3.63) is 42.5 Å². The molecule has 1 fully saturated rings. The summed E-state index contributed by atoms with van der Waals surface area (Å²) in [5.41, 5.74) is 0.0362. The molecule has 0 saturated carbocycles. The molecule has 186 valence electrons. The van der Waals surface area contributed by atoms with Crippen LogP contribution in [0.4, 0.5) is 32.0 Å². The summed E-state index contributed by atoms with van der Waals surface area (Å²) in [5, 5.41) is 0. The Morgan fingerprint density at radius 2 is 1.68 bits per heavy atom. The molecular formula is C20H19F6N3O4S. The van der Waals surface area contributed by atoms with E-state index in [2.05, 4.69) is 14.7 Å². The van der Waals surface area contributed by atoms with E-state index in [4.69, 9.17) is 0 Å². The van der Waals surface area contributed by atoms with Gasteiger partial charge in [0.05, 0.1) is 27.7 Å². The zero-order chi connectivity index (χ0) is 25.5. The number of carbonyl (C=O) groups excluding carboxylic acids is 1. The van der Waals surface area contributed by atoms with Crippen LogP contribution in [-0.2, 0) is 20.8 Å². The average molecular weight is 511 g/mol. The van der Waals surface area contributed by atoms with Crippen LogP contribution in [0.25, 0.3) is 0 Å². The van der Waals surface area contributed by atoms with Crippen LogP contribution in [0.2, 0.25) is 0 Å². The van der Waals surface area contributed by atoms with Crippen molar-refractivity contribution in [1.29, 1.82) is 0 Å². The standard InChI is InChI=1S/C20H19F6N3O4S/c1-18(2,34(31,32)15-5-3-4-14(9-15)33-20(24,25)26)12-6-7-29(16(30)8-12)13-10-27-17(28-11-13)19(21,22)23/h3-5,9-12H,6-8H2,1-2H3/t12-/m1/s1. The Bertz CT molecular complexity index is 1160. The lowest BCUT2D eigenvalue weighted by atomic mass is 9.85. The molecule has 2 heterocycles. The van der Waals surface area contributed by atoms with E-state index in [1.807, 2.05) is 0 Å². The molecular weight excluding hydrogens is 492 g/mol. The Kier molecular flexibility index (Phi) is 6.59. The van der Waals surface area contributed by atoms with E-state index >= 15 is 0 Å². The lowest BCUT2D eigenvalue weighted by molar-refractivity contribution is -0.274.